The van der Waals surface area contributed by atoms with Crippen molar-refractivity contribution < 1.29 is 71.4 Å². The maximum absolute atomic E-state index is 13.0. The minimum absolute atomic E-state index is 0.247. The summed E-state index contributed by atoms with van der Waals surface area (Å²) in [6, 6.07) is 25.1. The van der Waals surface area contributed by atoms with Crippen LogP contribution in [-0.2, 0) is 61.8 Å². The Hall–Kier alpha value is -6.94. The first kappa shape index (κ1) is 46.7. The van der Waals surface area contributed by atoms with E-state index in [1.165, 1.54) is 0 Å². The van der Waals surface area contributed by atoms with Gasteiger partial charge in [0.1, 0.15) is 25.9 Å². The molecule has 0 saturated heterocycles. The topological polar surface area (TPSA) is 185 Å². The molecule has 4 aromatic rings. The lowest BCUT2D eigenvalue weighted by Gasteiger charge is -2.24. The van der Waals surface area contributed by atoms with Crippen molar-refractivity contribution in [3.05, 3.63) is 147 Å². The summed E-state index contributed by atoms with van der Waals surface area (Å²) >= 11 is 0. The third-order valence-electron chi connectivity index (χ3n) is 8.43. The Balaban J connectivity index is 1.42. The molecular formula is C46H46O15. The highest BCUT2D eigenvalue weighted by Gasteiger charge is 2.24. The molecule has 0 aromatic heterocycles. The summed E-state index contributed by atoms with van der Waals surface area (Å²) in [7, 11) is 0. The average Bonchev–Trinajstić information content (AvgIpc) is 3.29. The van der Waals surface area contributed by atoms with E-state index in [0.29, 0.717) is 0 Å². The third-order valence-corrected chi connectivity index (χ3v) is 8.43. The molecule has 0 N–H and O–H groups in total. The van der Waals surface area contributed by atoms with Gasteiger partial charge in [-0.25, -0.2) is 28.8 Å². The summed E-state index contributed by atoms with van der Waals surface area (Å²) in [4.78, 5) is 74.1. The van der Waals surface area contributed by atoms with Gasteiger partial charge in [0.15, 0.2) is 18.3 Å². The summed E-state index contributed by atoms with van der Waals surface area (Å²) in [5.41, 5.74) is 0.565. The second kappa shape index (κ2) is 24.9. The van der Waals surface area contributed by atoms with Crippen molar-refractivity contribution in [3.63, 3.8) is 0 Å². The van der Waals surface area contributed by atoms with E-state index in [9.17, 15) is 28.8 Å². The quantitative estimate of drug-likeness (QED) is 0.0442. The van der Waals surface area contributed by atoms with E-state index in [1.807, 2.05) is 48.5 Å². The smallest absolute Gasteiger partial charge is 0.338 e. The van der Waals surface area contributed by atoms with Crippen molar-refractivity contribution in [2.24, 2.45) is 0 Å². The number of fused-ring (bicyclic) bond motifs is 2. The van der Waals surface area contributed by atoms with Gasteiger partial charge >= 0.3 is 35.8 Å². The van der Waals surface area contributed by atoms with Crippen molar-refractivity contribution >= 4 is 57.4 Å². The van der Waals surface area contributed by atoms with E-state index in [1.54, 1.807) is 36.4 Å². The molecule has 320 valence electrons. The SMILES string of the molecule is C=CC(=O)OCC(COC(COCC(COC(=O)c1ccc2ccccc2c1)OC(=O)C=C)COCC(COC(=O)c1ccc2ccccc2c1)OC(=O)C=C)OC(=O)C=C. The zero-order valence-corrected chi connectivity index (χ0v) is 33.3. The van der Waals surface area contributed by atoms with Gasteiger partial charge in [0, 0.05) is 24.3 Å². The molecule has 4 aromatic carbocycles. The summed E-state index contributed by atoms with van der Waals surface area (Å²) in [5, 5.41) is 3.52. The Morgan fingerprint density at radius 2 is 0.770 bits per heavy atom. The highest BCUT2D eigenvalue weighted by molar-refractivity contribution is 5.96. The molecule has 0 aliphatic heterocycles. The molecule has 0 fully saturated rings. The molecule has 0 heterocycles. The Kier molecular flexibility index (Phi) is 19.0. The van der Waals surface area contributed by atoms with Crippen LogP contribution in [0.2, 0.25) is 0 Å². The molecule has 0 radical (unpaired) electrons. The van der Waals surface area contributed by atoms with Gasteiger partial charge in [-0.15, -0.1) is 0 Å². The van der Waals surface area contributed by atoms with Crippen molar-refractivity contribution in [1.29, 1.82) is 0 Å². The molecular weight excluding hydrogens is 792 g/mol. The third kappa shape index (κ3) is 16.0. The van der Waals surface area contributed by atoms with Gasteiger partial charge in [0.05, 0.1) is 44.2 Å². The predicted molar refractivity (Wildman–Crippen MR) is 221 cm³/mol. The number of esters is 6. The largest absolute Gasteiger partial charge is 0.458 e. The van der Waals surface area contributed by atoms with Crippen LogP contribution in [-0.4, -0.2) is 113 Å². The van der Waals surface area contributed by atoms with Gasteiger partial charge in [0.2, 0.25) is 0 Å². The Morgan fingerprint density at radius 1 is 0.410 bits per heavy atom. The fourth-order valence-corrected chi connectivity index (χ4v) is 5.41. The minimum atomic E-state index is -1.11. The van der Waals surface area contributed by atoms with Gasteiger partial charge in [-0.1, -0.05) is 87.0 Å². The monoisotopic (exact) mass is 838 g/mol. The van der Waals surface area contributed by atoms with Crippen molar-refractivity contribution in [3.8, 4) is 0 Å². The summed E-state index contributed by atoms with van der Waals surface area (Å²) < 4.78 is 49.6. The normalized spacial score (nSPS) is 12.7. The highest BCUT2D eigenvalue weighted by atomic mass is 16.6. The lowest BCUT2D eigenvalue weighted by molar-refractivity contribution is -0.163. The van der Waals surface area contributed by atoms with Crippen molar-refractivity contribution in [2.75, 3.05) is 52.9 Å². The second-order valence-electron chi connectivity index (χ2n) is 13.0. The van der Waals surface area contributed by atoms with Gasteiger partial charge < -0.3 is 42.6 Å². The first-order valence-electron chi connectivity index (χ1n) is 18.9. The average molecular weight is 839 g/mol. The molecule has 3 atom stereocenters. The molecule has 0 aliphatic rings. The van der Waals surface area contributed by atoms with Crippen LogP contribution >= 0.6 is 0 Å². The number of ether oxygens (including phenoxy) is 9. The van der Waals surface area contributed by atoms with Crippen LogP contribution in [0.5, 0.6) is 0 Å². The van der Waals surface area contributed by atoms with Crippen LogP contribution in [0.4, 0.5) is 0 Å². The number of benzene rings is 4. The summed E-state index contributed by atoms with van der Waals surface area (Å²) in [6.07, 6.45) is -0.516. The van der Waals surface area contributed by atoms with Crippen LogP contribution in [0.15, 0.2) is 136 Å². The molecule has 0 saturated carbocycles. The van der Waals surface area contributed by atoms with E-state index in [-0.39, 0.29) is 57.4 Å². The fraction of sp³-hybridized carbons (Fsp3) is 0.261. The maximum Gasteiger partial charge on any atom is 0.338 e. The Labute approximate surface area is 352 Å². The Morgan fingerprint density at radius 3 is 1.18 bits per heavy atom. The number of hydrogen-bond acceptors (Lipinski definition) is 15. The van der Waals surface area contributed by atoms with E-state index in [2.05, 4.69) is 26.3 Å². The molecule has 3 unspecified atom stereocenters. The van der Waals surface area contributed by atoms with Crippen LogP contribution in [0.3, 0.4) is 0 Å². The molecule has 4 rings (SSSR count). The summed E-state index contributed by atoms with van der Waals surface area (Å²) in [6.45, 7) is 11.0. The van der Waals surface area contributed by atoms with Crippen molar-refractivity contribution in [1.82, 2.24) is 0 Å². The molecule has 15 nitrogen and oxygen atoms in total. The van der Waals surface area contributed by atoms with E-state index in [0.717, 1.165) is 45.8 Å². The maximum atomic E-state index is 13.0. The number of rotatable bonds is 26. The second-order valence-corrected chi connectivity index (χ2v) is 13.0. The molecule has 61 heavy (non-hydrogen) atoms. The van der Waals surface area contributed by atoms with Gasteiger partial charge in [-0.3, -0.25) is 0 Å². The lowest BCUT2D eigenvalue weighted by atomic mass is 10.1. The first-order valence-corrected chi connectivity index (χ1v) is 18.9. The number of carbonyl (C=O) groups excluding carboxylic acids is 6. The zero-order valence-electron chi connectivity index (χ0n) is 33.3. The fourth-order valence-electron chi connectivity index (χ4n) is 5.41. The molecule has 0 amide bonds. The number of carbonyl (C=O) groups is 6. The van der Waals surface area contributed by atoms with Gasteiger partial charge in [-0.05, 0) is 45.8 Å². The van der Waals surface area contributed by atoms with E-state index >= 15 is 0 Å². The van der Waals surface area contributed by atoms with Crippen LogP contribution in [0.25, 0.3) is 21.5 Å². The molecule has 15 heteroatoms. The van der Waals surface area contributed by atoms with Crippen LogP contribution in [0, 0.1) is 0 Å². The lowest BCUT2D eigenvalue weighted by Crippen LogP contribution is -2.37. The van der Waals surface area contributed by atoms with E-state index < -0.39 is 66.8 Å². The van der Waals surface area contributed by atoms with E-state index in [4.69, 9.17) is 42.6 Å². The van der Waals surface area contributed by atoms with Crippen LogP contribution < -0.4 is 0 Å². The Bertz CT molecular complexity index is 2070. The molecule has 0 spiro atoms. The summed E-state index contributed by atoms with van der Waals surface area (Å²) in [5.74, 6) is -4.50. The van der Waals surface area contributed by atoms with Gasteiger partial charge in [0.25, 0.3) is 0 Å². The van der Waals surface area contributed by atoms with Crippen LogP contribution in [0.1, 0.15) is 20.7 Å². The first-order chi connectivity index (χ1) is 29.5. The standard InChI is InChI=1S/C46H46O15/c1-5-41(47)56-28-40(61-44(50)8-4)27-55-37(23-53-25-38(59-42(48)6-2)29-57-45(51)35-19-17-31-13-9-11-15-33(31)21-35)24-54-26-39(60-43(49)7-3)30-58-46(52)36-20-18-32-14-10-12-16-34(32)22-36/h5-22,37-40H,1-4,23-30H2. The van der Waals surface area contributed by atoms with Gasteiger partial charge in [-0.2, -0.15) is 0 Å². The zero-order chi connectivity index (χ0) is 44.0. The molecule has 0 bridgehead atoms. The van der Waals surface area contributed by atoms with Crippen molar-refractivity contribution in [2.45, 2.75) is 24.4 Å². The predicted octanol–water partition coefficient (Wildman–Crippen LogP) is 5.45. The minimum Gasteiger partial charge on any atom is -0.458 e. The number of hydrogen-bond donors (Lipinski definition) is 0. The molecule has 0 aliphatic carbocycles. The highest BCUT2D eigenvalue weighted by Crippen LogP contribution is 2.18.